The van der Waals surface area contributed by atoms with Crippen molar-refractivity contribution in [3.8, 4) is 0 Å². The molecule has 0 aromatic heterocycles. The third-order valence-corrected chi connectivity index (χ3v) is 3.58. The summed E-state index contributed by atoms with van der Waals surface area (Å²) in [5, 5.41) is 0. The lowest BCUT2D eigenvalue weighted by atomic mass is 10.1. The van der Waals surface area contributed by atoms with Crippen molar-refractivity contribution in [2.24, 2.45) is 5.92 Å². The lowest BCUT2D eigenvalue weighted by Crippen LogP contribution is -2.49. The molecule has 1 fully saturated rings. The van der Waals surface area contributed by atoms with Gasteiger partial charge in [0.2, 0.25) is 0 Å². The Kier molecular flexibility index (Phi) is 5.92. The highest BCUT2D eigenvalue weighted by molar-refractivity contribution is 5.76. The molecule has 1 rings (SSSR count). The summed E-state index contributed by atoms with van der Waals surface area (Å²) in [6.07, 6.45) is 3.31. The molecular weight excluding hydrogens is 218 g/mol. The number of esters is 1. The van der Waals surface area contributed by atoms with Crippen molar-refractivity contribution in [2.75, 3.05) is 27.4 Å². The van der Waals surface area contributed by atoms with Crippen LogP contribution in [0, 0.1) is 5.92 Å². The van der Waals surface area contributed by atoms with Gasteiger partial charge in [-0.2, -0.15) is 0 Å². The normalized spacial score (nSPS) is 19.1. The van der Waals surface area contributed by atoms with Crippen LogP contribution in [0.1, 0.15) is 33.1 Å². The van der Waals surface area contributed by atoms with Crippen LogP contribution in [0.25, 0.3) is 0 Å². The first-order valence-electron chi connectivity index (χ1n) is 6.48. The number of hydrogen-bond acceptors (Lipinski definition) is 4. The van der Waals surface area contributed by atoms with Crippen molar-refractivity contribution in [1.82, 2.24) is 4.90 Å². The van der Waals surface area contributed by atoms with Crippen LogP contribution in [0.3, 0.4) is 0 Å². The summed E-state index contributed by atoms with van der Waals surface area (Å²) in [5.74, 6) is 0.386. The van der Waals surface area contributed by atoms with E-state index in [0.29, 0.717) is 18.6 Å². The number of rotatable bonds is 8. The van der Waals surface area contributed by atoms with E-state index in [1.54, 1.807) is 7.11 Å². The monoisotopic (exact) mass is 243 g/mol. The summed E-state index contributed by atoms with van der Waals surface area (Å²) in [4.78, 5) is 14.2. The van der Waals surface area contributed by atoms with E-state index in [4.69, 9.17) is 9.47 Å². The van der Waals surface area contributed by atoms with Crippen molar-refractivity contribution in [3.63, 3.8) is 0 Å². The summed E-state index contributed by atoms with van der Waals surface area (Å²) >= 11 is 0. The number of carbonyl (C=O) groups excluding carboxylic acids is 1. The molecule has 2 atom stereocenters. The van der Waals surface area contributed by atoms with Crippen LogP contribution >= 0.6 is 0 Å². The van der Waals surface area contributed by atoms with E-state index in [1.165, 1.54) is 7.11 Å². The minimum absolute atomic E-state index is 0.0786. The fourth-order valence-corrected chi connectivity index (χ4v) is 2.20. The molecule has 2 unspecified atom stereocenters. The summed E-state index contributed by atoms with van der Waals surface area (Å²) in [6, 6.07) is 0.306. The average Bonchev–Trinajstić information content (AvgIpc) is 3.16. The van der Waals surface area contributed by atoms with Crippen LogP contribution < -0.4 is 0 Å². The van der Waals surface area contributed by atoms with Crippen LogP contribution in [-0.4, -0.2) is 50.3 Å². The Balaban J connectivity index is 2.71. The van der Waals surface area contributed by atoms with E-state index in [0.717, 1.165) is 25.8 Å². The Hall–Kier alpha value is -0.610. The first kappa shape index (κ1) is 14.5. The molecule has 1 saturated carbocycles. The van der Waals surface area contributed by atoms with Crippen molar-refractivity contribution in [3.05, 3.63) is 0 Å². The number of methoxy groups -OCH3 is 2. The maximum Gasteiger partial charge on any atom is 0.323 e. The molecule has 0 radical (unpaired) electrons. The second-order valence-electron chi connectivity index (χ2n) is 4.79. The van der Waals surface area contributed by atoms with Crippen LogP contribution in [0.5, 0.6) is 0 Å². The minimum atomic E-state index is -0.0936. The number of carbonyl (C=O) groups is 1. The Bertz CT molecular complexity index is 241. The van der Waals surface area contributed by atoms with Crippen molar-refractivity contribution in [2.45, 2.75) is 45.2 Å². The van der Waals surface area contributed by atoms with Gasteiger partial charge in [-0.15, -0.1) is 0 Å². The van der Waals surface area contributed by atoms with Crippen molar-refractivity contribution < 1.29 is 14.3 Å². The molecular formula is C13H25NO3. The van der Waals surface area contributed by atoms with Crippen molar-refractivity contribution in [1.29, 1.82) is 0 Å². The molecule has 17 heavy (non-hydrogen) atoms. The first-order valence-corrected chi connectivity index (χ1v) is 6.48. The molecule has 0 aliphatic heterocycles. The zero-order valence-electron chi connectivity index (χ0n) is 11.4. The van der Waals surface area contributed by atoms with Gasteiger partial charge in [-0.3, -0.25) is 9.69 Å². The van der Waals surface area contributed by atoms with Gasteiger partial charge in [0.15, 0.2) is 0 Å². The zero-order chi connectivity index (χ0) is 12.8. The Morgan fingerprint density at radius 2 is 2.06 bits per heavy atom. The molecule has 0 aromatic carbocycles. The number of nitrogens with zero attached hydrogens (tertiary/aromatic N) is 1. The third kappa shape index (κ3) is 3.96. The lowest BCUT2D eigenvalue weighted by molar-refractivity contribution is -0.149. The second kappa shape index (κ2) is 6.97. The van der Waals surface area contributed by atoms with E-state index in [1.807, 2.05) is 0 Å². The summed E-state index contributed by atoms with van der Waals surface area (Å²) in [7, 11) is 3.17. The summed E-state index contributed by atoms with van der Waals surface area (Å²) in [5.41, 5.74) is 0. The topological polar surface area (TPSA) is 38.8 Å². The molecule has 0 saturated heterocycles. The standard InChI is InChI=1S/C13H25NO3/c1-5-10(2)14(8-9-16-3)12(11-6-7-11)13(15)17-4/h10-12H,5-9H2,1-4H3. The molecule has 1 aliphatic rings. The Labute approximate surface area is 104 Å². The van der Waals surface area contributed by atoms with Gasteiger partial charge in [-0.05, 0) is 32.1 Å². The van der Waals surface area contributed by atoms with Gasteiger partial charge in [-0.25, -0.2) is 0 Å². The van der Waals surface area contributed by atoms with E-state index >= 15 is 0 Å². The molecule has 1 aliphatic carbocycles. The maximum absolute atomic E-state index is 11.9. The van der Waals surface area contributed by atoms with E-state index in [2.05, 4.69) is 18.7 Å². The van der Waals surface area contributed by atoms with E-state index in [9.17, 15) is 4.79 Å². The van der Waals surface area contributed by atoms with Gasteiger partial charge >= 0.3 is 5.97 Å². The van der Waals surface area contributed by atoms with E-state index in [-0.39, 0.29) is 12.0 Å². The van der Waals surface area contributed by atoms with E-state index < -0.39 is 0 Å². The predicted molar refractivity (Wildman–Crippen MR) is 66.9 cm³/mol. The molecule has 4 heteroatoms. The molecule has 100 valence electrons. The van der Waals surface area contributed by atoms with Crippen LogP contribution in [0.15, 0.2) is 0 Å². The average molecular weight is 243 g/mol. The molecule has 0 bridgehead atoms. The second-order valence-corrected chi connectivity index (χ2v) is 4.79. The SMILES string of the molecule is CCC(C)N(CCOC)C(C(=O)OC)C1CC1. The molecule has 0 spiro atoms. The van der Waals surface area contributed by atoms with Gasteiger partial charge < -0.3 is 9.47 Å². The fraction of sp³-hybridized carbons (Fsp3) is 0.923. The quantitative estimate of drug-likeness (QED) is 0.608. The molecule has 0 aromatic rings. The first-order chi connectivity index (χ1) is 8.15. The highest BCUT2D eigenvalue weighted by Crippen LogP contribution is 2.36. The largest absolute Gasteiger partial charge is 0.468 e. The van der Waals surface area contributed by atoms with Crippen molar-refractivity contribution >= 4 is 5.97 Å². The minimum Gasteiger partial charge on any atom is -0.468 e. The fourth-order valence-electron chi connectivity index (χ4n) is 2.20. The van der Waals surface area contributed by atoms with Gasteiger partial charge in [0.05, 0.1) is 13.7 Å². The Morgan fingerprint density at radius 3 is 2.47 bits per heavy atom. The zero-order valence-corrected chi connectivity index (χ0v) is 11.4. The van der Waals surface area contributed by atoms with Gasteiger partial charge in [0, 0.05) is 19.7 Å². The lowest BCUT2D eigenvalue weighted by Gasteiger charge is -2.34. The summed E-state index contributed by atoms with van der Waals surface area (Å²) in [6.45, 7) is 5.76. The van der Waals surface area contributed by atoms with Gasteiger partial charge in [-0.1, -0.05) is 6.92 Å². The highest BCUT2D eigenvalue weighted by Gasteiger charge is 2.42. The van der Waals surface area contributed by atoms with Gasteiger partial charge in [0.1, 0.15) is 6.04 Å². The van der Waals surface area contributed by atoms with Gasteiger partial charge in [0.25, 0.3) is 0 Å². The predicted octanol–water partition coefficient (Wildman–Crippen LogP) is 1.68. The Morgan fingerprint density at radius 1 is 1.41 bits per heavy atom. The third-order valence-electron chi connectivity index (χ3n) is 3.58. The van der Waals surface area contributed by atoms with Crippen LogP contribution in [-0.2, 0) is 14.3 Å². The highest BCUT2D eigenvalue weighted by atomic mass is 16.5. The summed E-state index contributed by atoms with van der Waals surface area (Å²) < 4.78 is 10.1. The smallest absolute Gasteiger partial charge is 0.323 e. The molecule has 0 amide bonds. The van der Waals surface area contributed by atoms with Crippen LogP contribution in [0.2, 0.25) is 0 Å². The maximum atomic E-state index is 11.9. The number of ether oxygens (including phenoxy) is 2. The molecule has 0 heterocycles. The molecule has 4 nitrogen and oxygen atoms in total. The number of hydrogen-bond donors (Lipinski definition) is 0. The van der Waals surface area contributed by atoms with Crippen LogP contribution in [0.4, 0.5) is 0 Å². The molecule has 0 N–H and O–H groups in total.